The van der Waals surface area contributed by atoms with Crippen molar-refractivity contribution in [3.05, 3.63) is 380 Å². The van der Waals surface area contributed by atoms with Crippen LogP contribution in [-0.4, -0.2) is 15.8 Å². The molecule has 0 saturated heterocycles. The van der Waals surface area contributed by atoms with Gasteiger partial charge in [-0.15, -0.1) is 0 Å². The van der Waals surface area contributed by atoms with Gasteiger partial charge < -0.3 is 18.9 Å². The minimum atomic E-state index is -0.518. The van der Waals surface area contributed by atoms with Crippen LogP contribution in [0.15, 0.2) is 364 Å². The molecule has 20 rings (SSSR count). The first-order valence-electron chi connectivity index (χ1n) is 43.3. The first kappa shape index (κ1) is 60.6. The van der Waals surface area contributed by atoms with E-state index in [1.807, 2.05) is 18.2 Å². The van der Waals surface area contributed by atoms with Crippen molar-refractivity contribution < 1.29 is 11.0 Å². The van der Waals surface area contributed by atoms with Crippen molar-refractivity contribution in [2.75, 3.05) is 9.80 Å². The lowest BCUT2D eigenvalue weighted by molar-refractivity contribution is 0.590. The van der Waals surface area contributed by atoms with Crippen molar-refractivity contribution in [1.29, 1.82) is 0 Å². The molecule has 2 aliphatic rings. The first-order chi connectivity index (χ1) is 58.3. The van der Waals surface area contributed by atoms with Crippen molar-refractivity contribution >= 4 is 101 Å². The summed E-state index contributed by atoms with van der Waals surface area (Å²) in [6, 6.07) is 111. The number of hydrogen-bond donors (Lipinski definition) is 0. The van der Waals surface area contributed by atoms with Gasteiger partial charge in [-0.1, -0.05) is 335 Å². The second kappa shape index (κ2) is 26.8. The van der Waals surface area contributed by atoms with E-state index in [0.29, 0.717) is 5.69 Å². The number of rotatable bonds is 11. The Bertz CT molecular complexity index is 6970. The minimum Gasteiger partial charge on any atom is -0.310 e. The Kier molecular flexibility index (Phi) is 14.4. The molecule has 0 radical (unpaired) electrons. The van der Waals surface area contributed by atoms with Gasteiger partial charge in [0.1, 0.15) is 0 Å². The maximum absolute atomic E-state index is 9.98. The Morgan fingerprint density at radius 2 is 0.558 bits per heavy atom. The van der Waals surface area contributed by atoms with Gasteiger partial charge >= 0.3 is 0 Å². The van der Waals surface area contributed by atoms with Gasteiger partial charge in [0.25, 0.3) is 6.71 Å². The first-order valence-corrected chi connectivity index (χ1v) is 39.3. The number of anilines is 6. The standard InChI is InChI=1S/C108H87BN4/c1-106(2,3)80-63-89(75-34-18-12-19-35-75)104(90(64-80)76-36-20-13-21-37-76)112-99-62-79(74-54-57-83(58-55-74)110-95-42-26-22-38-85(95)86-39-23-27-43-96(86)110)56-60-93(99)109-94-61-59-84(111-97-44-28-24-40-87(97)88-41-25-29-45-98(88)111)69-100(94)113(102-68-82(108(7,8)9)67-101(112)103(102)109)105-91(77-50-46-72(47-51-77)70-30-14-10-15-31-70)65-81(107(4,5)6)66-92(105)78-52-48-73(49-53-78)71-32-16-11-17-33-71/h10-69H,1-9H3/i24D,25D,28D,29D,40D,41D,44D,45D. The van der Waals surface area contributed by atoms with Crippen LogP contribution < -0.4 is 26.2 Å². The van der Waals surface area contributed by atoms with Gasteiger partial charge in [0.15, 0.2) is 0 Å². The summed E-state index contributed by atoms with van der Waals surface area (Å²) in [7, 11) is 0. The molecule has 113 heavy (non-hydrogen) atoms. The summed E-state index contributed by atoms with van der Waals surface area (Å²) in [6.45, 7) is 20.1. The van der Waals surface area contributed by atoms with E-state index >= 15 is 0 Å². The topological polar surface area (TPSA) is 16.3 Å². The van der Waals surface area contributed by atoms with E-state index in [9.17, 15) is 11.0 Å². The molecule has 0 aliphatic carbocycles. The van der Waals surface area contributed by atoms with Gasteiger partial charge in [0.05, 0.1) is 44.4 Å². The van der Waals surface area contributed by atoms with Crippen LogP contribution in [0, 0.1) is 0 Å². The van der Waals surface area contributed by atoms with E-state index in [4.69, 9.17) is 0 Å². The maximum Gasteiger partial charge on any atom is 0.252 e. The zero-order valence-electron chi connectivity index (χ0n) is 72.9. The highest BCUT2D eigenvalue weighted by Crippen LogP contribution is 2.56. The Balaban J connectivity index is 0.950. The molecule has 4 nitrogen and oxygen atoms in total. The summed E-state index contributed by atoms with van der Waals surface area (Å²) in [5.74, 6) is 0. The Hall–Kier alpha value is -13.2. The smallest absolute Gasteiger partial charge is 0.252 e. The summed E-state index contributed by atoms with van der Waals surface area (Å²) in [6.07, 6.45) is 0. The highest BCUT2D eigenvalue weighted by Gasteiger charge is 2.47. The van der Waals surface area contributed by atoms with E-state index in [1.165, 1.54) is 16.3 Å². The fourth-order valence-corrected chi connectivity index (χ4v) is 17.6. The van der Waals surface area contributed by atoms with Crippen LogP contribution in [0.2, 0.25) is 0 Å². The SMILES string of the molecule is [2H]c1c([2H])c([2H])c2c(c1[2H])c1c([2H])c([2H])c([2H])c([2H])c1n2-c1ccc2c(c1)N(c1c(-c3ccc(-c4ccccc4)cc3)cc(C(C)(C)C)cc1-c1ccc(-c3ccccc3)cc1)c1cc(C(C)(C)C)cc3c1B2c1ccc(-c2ccc(-n4c5ccccc5c5ccccc54)cc2)cc1N3c1c(-c2ccccc2)cc(C(C)(C)C)cc1-c1ccccc1. The number of fused-ring (bicyclic) bond motifs is 10. The molecular formula is C108H87BN4. The highest BCUT2D eigenvalue weighted by molar-refractivity contribution is 7.00. The van der Waals surface area contributed by atoms with Gasteiger partial charge in [0, 0.05) is 77.9 Å². The lowest BCUT2D eigenvalue weighted by Crippen LogP contribution is -2.61. The van der Waals surface area contributed by atoms with Crippen LogP contribution in [0.3, 0.4) is 0 Å². The molecule has 18 aromatic rings. The number of aromatic nitrogens is 2. The normalized spacial score (nSPS) is 13.8. The molecule has 0 amide bonds. The fraction of sp³-hybridized carbons (Fsp3) is 0.111. The van der Waals surface area contributed by atoms with E-state index in [0.717, 1.165) is 156 Å². The molecular weight excluding hydrogens is 1360 g/mol. The number of benzene rings is 16. The summed E-state index contributed by atoms with van der Waals surface area (Å²) in [5, 5.41) is 2.40. The van der Waals surface area contributed by atoms with E-state index in [-0.39, 0.29) is 44.7 Å². The molecule has 0 atom stereocenters. The zero-order valence-corrected chi connectivity index (χ0v) is 64.9. The van der Waals surface area contributed by atoms with Crippen LogP contribution in [0.4, 0.5) is 34.1 Å². The Labute approximate surface area is 675 Å². The molecule has 0 unspecified atom stereocenters. The second-order valence-corrected chi connectivity index (χ2v) is 33.5. The summed E-state index contributed by atoms with van der Waals surface area (Å²) < 4.78 is 80.5. The van der Waals surface area contributed by atoms with Crippen LogP contribution in [0.5, 0.6) is 0 Å². The molecule has 0 saturated carbocycles. The Morgan fingerprint density at radius 3 is 0.991 bits per heavy atom. The summed E-state index contributed by atoms with van der Waals surface area (Å²) >= 11 is 0. The highest BCUT2D eigenvalue weighted by atomic mass is 15.2. The van der Waals surface area contributed by atoms with Crippen molar-refractivity contribution in [2.45, 2.75) is 78.6 Å². The van der Waals surface area contributed by atoms with E-state index in [1.54, 1.807) is 4.57 Å². The predicted molar refractivity (Wildman–Crippen MR) is 483 cm³/mol. The largest absolute Gasteiger partial charge is 0.310 e. The third-order valence-electron chi connectivity index (χ3n) is 23.4. The number of hydrogen-bond acceptors (Lipinski definition) is 2. The lowest BCUT2D eigenvalue weighted by Gasteiger charge is -2.47. The van der Waals surface area contributed by atoms with E-state index in [2.05, 4.69) is 374 Å². The molecule has 4 heterocycles. The van der Waals surface area contributed by atoms with Crippen LogP contribution >= 0.6 is 0 Å². The predicted octanol–water partition coefficient (Wildman–Crippen LogP) is 27.5. The van der Waals surface area contributed by atoms with Gasteiger partial charge in [-0.2, -0.15) is 0 Å². The van der Waals surface area contributed by atoms with Crippen molar-refractivity contribution in [1.82, 2.24) is 9.13 Å². The summed E-state index contributed by atoms with van der Waals surface area (Å²) in [5.41, 5.74) is 29.0. The molecule has 5 heteroatoms. The van der Waals surface area contributed by atoms with Gasteiger partial charge in [0.2, 0.25) is 0 Å². The monoisotopic (exact) mass is 1460 g/mol. The lowest BCUT2D eigenvalue weighted by atomic mass is 9.33. The molecule has 2 aromatic heterocycles. The molecule has 2 aliphatic heterocycles. The number of nitrogens with zero attached hydrogens (tertiary/aromatic N) is 4. The third kappa shape index (κ3) is 11.7. The van der Waals surface area contributed by atoms with E-state index < -0.39 is 48.4 Å². The Morgan fingerprint density at radius 1 is 0.248 bits per heavy atom. The number of para-hydroxylation sites is 4. The maximum atomic E-state index is 9.98. The van der Waals surface area contributed by atoms with Gasteiger partial charge in [-0.05, 0) is 196 Å². The fourth-order valence-electron chi connectivity index (χ4n) is 17.6. The quantitative estimate of drug-likeness (QED) is 0.120. The minimum absolute atomic E-state index is 0.00588. The van der Waals surface area contributed by atoms with Gasteiger partial charge in [-0.3, -0.25) is 0 Å². The molecule has 542 valence electrons. The van der Waals surface area contributed by atoms with Crippen LogP contribution in [-0.2, 0) is 16.2 Å². The third-order valence-corrected chi connectivity index (χ3v) is 23.4. The summed E-state index contributed by atoms with van der Waals surface area (Å²) in [4.78, 5) is 5.10. The molecule has 0 spiro atoms. The van der Waals surface area contributed by atoms with Crippen molar-refractivity contribution in [3.8, 4) is 89.3 Å². The average molecular weight is 1460 g/mol. The molecule has 0 fully saturated rings. The second-order valence-electron chi connectivity index (χ2n) is 33.5. The molecule has 0 N–H and O–H groups in total. The average Bonchev–Trinajstić information content (AvgIpc) is 1.26. The molecule has 16 aromatic carbocycles. The van der Waals surface area contributed by atoms with Crippen LogP contribution in [0.25, 0.3) is 133 Å². The van der Waals surface area contributed by atoms with Crippen LogP contribution in [0.1, 0.15) is 90.0 Å². The van der Waals surface area contributed by atoms with Crippen molar-refractivity contribution in [3.63, 3.8) is 0 Å². The molecule has 0 bridgehead atoms. The zero-order chi connectivity index (χ0) is 83.6. The van der Waals surface area contributed by atoms with Gasteiger partial charge in [-0.25, -0.2) is 0 Å². The van der Waals surface area contributed by atoms with Crippen molar-refractivity contribution in [2.24, 2.45) is 0 Å².